The number of hydrogen-bond donors (Lipinski definition) is 2. The largest absolute Gasteiger partial charge is 0.390 e. The molecule has 1 aromatic rings. The maximum absolute atomic E-state index is 12.8. The van der Waals surface area contributed by atoms with Crippen LogP contribution < -0.4 is 15.5 Å². The van der Waals surface area contributed by atoms with Gasteiger partial charge in [-0.05, 0) is 37.1 Å². The Morgan fingerprint density at radius 1 is 1.27 bits per heavy atom. The number of amides is 1. The highest BCUT2D eigenvalue weighted by Gasteiger charge is 2.38. The molecule has 170 valence electrons. The van der Waals surface area contributed by atoms with Gasteiger partial charge in [0.15, 0.2) is 0 Å². The van der Waals surface area contributed by atoms with E-state index in [2.05, 4.69) is 15.8 Å². The van der Waals surface area contributed by atoms with Crippen molar-refractivity contribution in [3.05, 3.63) is 22.6 Å². The van der Waals surface area contributed by atoms with Crippen LogP contribution >= 0.6 is 0 Å². The Balaban J connectivity index is 0.00000218. The predicted octanol–water partition coefficient (Wildman–Crippen LogP) is 5.46. The van der Waals surface area contributed by atoms with Crippen molar-refractivity contribution in [2.75, 3.05) is 30.4 Å². The molecule has 11 heteroatoms. The van der Waals surface area contributed by atoms with Crippen molar-refractivity contribution in [1.82, 2.24) is 5.32 Å². The second kappa shape index (κ2) is 10.5. The minimum Gasteiger partial charge on any atom is -0.378 e. The average molecular weight is 438 g/mol. The lowest BCUT2D eigenvalue weighted by Gasteiger charge is -2.24. The van der Waals surface area contributed by atoms with Gasteiger partial charge in [-0.2, -0.15) is 13.2 Å². The monoisotopic (exact) mass is 438 g/mol. The number of alkyl halides is 5. The summed E-state index contributed by atoms with van der Waals surface area (Å²) < 4.78 is 62.5. The van der Waals surface area contributed by atoms with Crippen molar-refractivity contribution in [3.63, 3.8) is 0 Å². The zero-order valence-corrected chi connectivity index (χ0v) is 17.4. The van der Waals surface area contributed by atoms with Gasteiger partial charge in [-0.25, -0.2) is 8.78 Å². The molecule has 1 aromatic carbocycles. The third-order valence-corrected chi connectivity index (χ3v) is 4.41. The fraction of sp³-hybridized carbons (Fsp3) is 0.632. The minimum absolute atomic E-state index is 0.0592. The summed E-state index contributed by atoms with van der Waals surface area (Å²) in [6.07, 6.45) is -6.71. The Morgan fingerprint density at radius 2 is 1.87 bits per heavy atom. The van der Waals surface area contributed by atoms with Crippen LogP contribution in [0.5, 0.6) is 0 Å². The first-order valence-electron chi connectivity index (χ1n) is 9.58. The first kappa shape index (κ1) is 25.6. The molecule has 1 saturated carbocycles. The van der Waals surface area contributed by atoms with Crippen LogP contribution in [-0.4, -0.2) is 44.2 Å². The predicted molar refractivity (Wildman–Crippen MR) is 107 cm³/mol. The first-order valence-corrected chi connectivity index (χ1v) is 9.58. The van der Waals surface area contributed by atoms with E-state index in [4.69, 9.17) is 0 Å². The quantitative estimate of drug-likeness (QED) is 0.397. The molecular weight excluding hydrogens is 411 g/mol. The molecule has 1 fully saturated rings. The molecule has 2 rings (SSSR count). The van der Waals surface area contributed by atoms with Crippen LogP contribution in [0.25, 0.3) is 0 Å². The summed E-state index contributed by atoms with van der Waals surface area (Å²) in [5.41, 5.74) is -0.245. The number of hydrogen-bond acceptors (Lipinski definition) is 5. The van der Waals surface area contributed by atoms with E-state index in [1.165, 1.54) is 13.1 Å². The summed E-state index contributed by atoms with van der Waals surface area (Å²) in [7, 11) is 1.32. The number of carbonyl (C=O) groups excluding carboxylic acids is 1. The summed E-state index contributed by atoms with van der Waals surface area (Å²) in [5.74, 6) is -0.908. The van der Waals surface area contributed by atoms with E-state index >= 15 is 0 Å². The fourth-order valence-corrected chi connectivity index (χ4v) is 2.61. The van der Waals surface area contributed by atoms with E-state index in [-0.39, 0.29) is 28.2 Å². The molecule has 0 heterocycles. The number of nitrogens with zero attached hydrogens (tertiary/aromatic N) is 2. The van der Waals surface area contributed by atoms with Crippen molar-refractivity contribution in [1.29, 1.82) is 0 Å². The maximum atomic E-state index is 12.8. The van der Waals surface area contributed by atoms with Crippen molar-refractivity contribution in [2.24, 2.45) is 5.18 Å². The van der Waals surface area contributed by atoms with Gasteiger partial charge in [0.05, 0.1) is 29.9 Å². The standard InChI is InChI=1S/C17H21F5N4O2.C2H6/c1-16(3-4-16)24-11-8-13(26(2)9-14(18)19)10(7-12(11)25-28)15(27)23-6-5-17(20,21)22;1-2/h7-8,14,24H,3-6,9H2,1-2H3,(H,23,27);1-2H3. The summed E-state index contributed by atoms with van der Waals surface area (Å²) in [6, 6.07) is 2.45. The van der Waals surface area contributed by atoms with Crippen molar-refractivity contribution < 1.29 is 26.7 Å². The van der Waals surface area contributed by atoms with Crippen molar-refractivity contribution in [2.45, 2.75) is 58.2 Å². The van der Waals surface area contributed by atoms with Crippen LogP contribution in [0.4, 0.5) is 39.0 Å². The van der Waals surface area contributed by atoms with E-state index in [1.54, 1.807) is 0 Å². The molecule has 1 aliphatic carbocycles. The molecule has 2 N–H and O–H groups in total. The van der Waals surface area contributed by atoms with Gasteiger partial charge in [-0.3, -0.25) is 4.79 Å². The summed E-state index contributed by atoms with van der Waals surface area (Å²) in [5, 5.41) is 8.07. The van der Waals surface area contributed by atoms with Gasteiger partial charge in [0.2, 0.25) is 0 Å². The Kier molecular flexibility index (Phi) is 8.98. The average Bonchev–Trinajstić information content (AvgIpc) is 3.38. The van der Waals surface area contributed by atoms with Gasteiger partial charge < -0.3 is 15.5 Å². The molecule has 0 saturated heterocycles. The van der Waals surface area contributed by atoms with Crippen LogP contribution in [0.15, 0.2) is 17.3 Å². The van der Waals surface area contributed by atoms with Gasteiger partial charge in [0.25, 0.3) is 12.3 Å². The molecular formula is C19H27F5N4O2. The molecule has 30 heavy (non-hydrogen) atoms. The number of nitroso groups, excluding NO2 is 1. The topological polar surface area (TPSA) is 73.8 Å². The number of rotatable bonds is 9. The van der Waals surface area contributed by atoms with E-state index in [0.717, 1.165) is 23.8 Å². The molecule has 0 unspecified atom stereocenters. The zero-order chi connectivity index (χ0) is 23.1. The van der Waals surface area contributed by atoms with Gasteiger partial charge in [0.1, 0.15) is 5.69 Å². The maximum Gasteiger partial charge on any atom is 0.390 e. The molecule has 1 aliphatic rings. The lowest BCUT2D eigenvalue weighted by Crippen LogP contribution is -2.31. The second-order valence-electron chi connectivity index (χ2n) is 7.06. The van der Waals surface area contributed by atoms with Gasteiger partial charge >= 0.3 is 6.18 Å². The molecule has 1 amide bonds. The number of anilines is 2. The van der Waals surface area contributed by atoms with Crippen LogP contribution in [0, 0.1) is 4.91 Å². The highest BCUT2D eigenvalue weighted by molar-refractivity contribution is 6.02. The molecule has 0 aliphatic heterocycles. The highest BCUT2D eigenvalue weighted by Crippen LogP contribution is 2.42. The second-order valence-corrected chi connectivity index (χ2v) is 7.06. The van der Waals surface area contributed by atoms with Gasteiger partial charge in [0, 0.05) is 19.1 Å². The van der Waals surface area contributed by atoms with E-state index in [9.17, 15) is 31.7 Å². The van der Waals surface area contributed by atoms with E-state index in [0.29, 0.717) is 0 Å². The number of carbonyl (C=O) groups is 1. The normalized spacial score (nSPS) is 14.5. The Bertz CT molecular complexity index is 736. The van der Waals surface area contributed by atoms with Crippen LogP contribution in [-0.2, 0) is 0 Å². The zero-order valence-electron chi connectivity index (χ0n) is 17.4. The van der Waals surface area contributed by atoms with Crippen molar-refractivity contribution >= 4 is 23.0 Å². The smallest absolute Gasteiger partial charge is 0.378 e. The third-order valence-electron chi connectivity index (χ3n) is 4.41. The Hall–Kier alpha value is -2.46. The number of benzene rings is 1. The summed E-state index contributed by atoms with van der Waals surface area (Å²) in [4.78, 5) is 24.7. The lowest BCUT2D eigenvalue weighted by atomic mass is 10.1. The van der Waals surface area contributed by atoms with Crippen LogP contribution in [0.3, 0.4) is 0 Å². The SMILES string of the molecule is CC.CN(CC(F)F)c1cc(NC2(C)CC2)c(N=O)cc1C(=O)NCCC(F)(F)F. The lowest BCUT2D eigenvalue weighted by molar-refractivity contribution is -0.132. The fourth-order valence-electron chi connectivity index (χ4n) is 2.61. The third kappa shape index (κ3) is 7.75. The summed E-state index contributed by atoms with van der Waals surface area (Å²) >= 11 is 0. The minimum atomic E-state index is -4.45. The molecule has 0 aromatic heterocycles. The summed E-state index contributed by atoms with van der Waals surface area (Å²) in [6.45, 7) is 4.53. The highest BCUT2D eigenvalue weighted by atomic mass is 19.4. The molecule has 0 bridgehead atoms. The molecule has 6 nitrogen and oxygen atoms in total. The Morgan fingerprint density at radius 3 is 2.33 bits per heavy atom. The Labute approximate surface area is 172 Å². The molecule has 0 spiro atoms. The van der Waals surface area contributed by atoms with Crippen LogP contribution in [0.1, 0.15) is 50.4 Å². The number of nitrogens with one attached hydrogen (secondary N) is 2. The van der Waals surface area contributed by atoms with Crippen LogP contribution in [0.2, 0.25) is 0 Å². The van der Waals surface area contributed by atoms with E-state index in [1.807, 2.05) is 20.8 Å². The van der Waals surface area contributed by atoms with Gasteiger partial charge in [-0.15, -0.1) is 4.91 Å². The first-order chi connectivity index (χ1) is 13.9. The molecule has 0 radical (unpaired) electrons. The molecule has 0 atom stereocenters. The van der Waals surface area contributed by atoms with Crippen molar-refractivity contribution in [3.8, 4) is 0 Å². The number of halogens is 5. The van der Waals surface area contributed by atoms with Gasteiger partial charge in [-0.1, -0.05) is 13.8 Å². The van der Waals surface area contributed by atoms with E-state index < -0.39 is 38.0 Å².